The van der Waals surface area contributed by atoms with Crippen LogP contribution in [0.25, 0.3) is 0 Å². The highest BCUT2D eigenvalue weighted by molar-refractivity contribution is 7.46. The van der Waals surface area contributed by atoms with Crippen molar-refractivity contribution < 1.29 is 96.1 Å². The number of unbranched alkanes of at least 4 members (excludes halogenated alkanes) is 56. The van der Waals surface area contributed by atoms with Gasteiger partial charge in [0.15, 0.2) is 12.4 Å². The minimum Gasteiger partial charge on any atom is -0.462 e. The summed E-state index contributed by atoms with van der Waals surface area (Å²) >= 11 is 0. The fourth-order valence-corrected chi connectivity index (χ4v) is 17.9. The number of aliphatic hydroxyl groups is 3. The maximum absolute atomic E-state index is 15.0. The number of aliphatic hydroxyl groups excluding tert-OH is 3. The van der Waals surface area contributed by atoms with E-state index >= 15 is 4.79 Å². The SMILES string of the molecule is CCCCCCCCCCCCCCCC(=O)O[C@H](CCCCCCCCCCC)CC(=O)NC1C(C)OC(CO[C@@H]2OC(CO)[C@@H](OP(=O)(O)O)[C@H](OC(=O)C[C@@H](CCCCCCCCCCC)OC(=O)CCCCCCCCCCCCC)C2NC(=O)C[C@@H](CCCCCCCCCCC)OC(=O)CCCCCCCCCCCCC)[C@@H](O)[C@@H]1O. The maximum atomic E-state index is 15.0. The van der Waals surface area contributed by atoms with Crippen LogP contribution in [0.3, 0.4) is 0 Å². The minimum atomic E-state index is -5.56. The average molecular weight is 1760 g/mol. The molecule has 13 atom stereocenters. The molecule has 0 aromatic carbocycles. The molecule has 0 saturated carbocycles. The first-order valence-corrected chi connectivity index (χ1v) is 52.8. The average Bonchev–Trinajstić information content (AvgIpc) is 0.776. The van der Waals surface area contributed by atoms with Gasteiger partial charge < -0.3 is 68.9 Å². The molecule has 718 valence electrons. The van der Waals surface area contributed by atoms with Crippen molar-refractivity contribution in [2.75, 3.05) is 13.2 Å². The van der Waals surface area contributed by atoms with E-state index in [-0.39, 0.29) is 31.7 Å². The summed E-state index contributed by atoms with van der Waals surface area (Å²) in [6, 6.07) is -2.87. The highest BCUT2D eigenvalue weighted by atomic mass is 31.2. The van der Waals surface area contributed by atoms with E-state index in [0.29, 0.717) is 51.4 Å². The summed E-state index contributed by atoms with van der Waals surface area (Å²) in [7, 11) is -5.56. The van der Waals surface area contributed by atoms with Crippen molar-refractivity contribution >= 4 is 43.5 Å². The molecular formula is C99H187N2O20P. The second kappa shape index (κ2) is 78.7. The lowest BCUT2D eigenvalue weighted by molar-refractivity contribution is -0.285. The molecule has 5 unspecified atom stereocenters. The summed E-state index contributed by atoms with van der Waals surface area (Å²) in [6.45, 7) is 13.3. The van der Waals surface area contributed by atoms with Crippen LogP contribution in [-0.4, -0.2) is 153 Å². The largest absolute Gasteiger partial charge is 0.470 e. The molecule has 2 aliphatic rings. The van der Waals surface area contributed by atoms with Crippen LogP contribution in [0.1, 0.15) is 504 Å². The summed E-state index contributed by atoms with van der Waals surface area (Å²) in [5.41, 5.74) is 0. The lowest BCUT2D eigenvalue weighted by Crippen LogP contribution is -2.67. The number of carbonyl (C=O) groups is 6. The third kappa shape index (κ3) is 62.0. The zero-order valence-corrected chi connectivity index (χ0v) is 79.8. The second-order valence-corrected chi connectivity index (χ2v) is 37.7. The van der Waals surface area contributed by atoms with Gasteiger partial charge in [-0.2, -0.15) is 0 Å². The minimum absolute atomic E-state index is 0.140. The first-order chi connectivity index (χ1) is 59.2. The first kappa shape index (κ1) is 115. The van der Waals surface area contributed by atoms with Crippen LogP contribution >= 0.6 is 7.82 Å². The van der Waals surface area contributed by atoms with Crippen molar-refractivity contribution in [2.45, 2.75) is 584 Å². The van der Waals surface area contributed by atoms with Crippen LogP contribution in [-0.2, 0) is 71.0 Å². The lowest BCUT2D eigenvalue weighted by Gasteiger charge is -2.46. The lowest BCUT2D eigenvalue weighted by atomic mass is 9.93. The molecule has 7 N–H and O–H groups in total. The van der Waals surface area contributed by atoms with Crippen LogP contribution in [0.5, 0.6) is 0 Å². The number of phosphoric acid groups is 1. The summed E-state index contributed by atoms with van der Waals surface area (Å²) in [6.07, 6.45) is 52.7. The second-order valence-electron chi connectivity index (χ2n) is 36.5. The molecule has 2 rings (SSSR count). The molecule has 2 fully saturated rings. The van der Waals surface area contributed by atoms with Crippen LogP contribution in [0.2, 0.25) is 0 Å². The Bertz CT molecular complexity index is 2550. The van der Waals surface area contributed by atoms with E-state index in [4.69, 9.17) is 37.7 Å². The van der Waals surface area contributed by atoms with E-state index in [0.717, 1.165) is 180 Å². The van der Waals surface area contributed by atoms with E-state index in [1.165, 1.54) is 186 Å². The highest BCUT2D eigenvalue weighted by Gasteiger charge is 2.53. The van der Waals surface area contributed by atoms with Gasteiger partial charge in [-0.05, 0) is 64.7 Å². The van der Waals surface area contributed by atoms with Gasteiger partial charge in [-0.3, -0.25) is 33.3 Å². The molecule has 2 saturated heterocycles. The number of carbonyl (C=O) groups excluding carboxylic acids is 6. The van der Waals surface area contributed by atoms with Gasteiger partial charge >= 0.3 is 31.7 Å². The van der Waals surface area contributed by atoms with E-state index in [1.54, 1.807) is 6.92 Å². The zero-order valence-electron chi connectivity index (χ0n) is 78.9. The number of amides is 2. The van der Waals surface area contributed by atoms with Crippen LogP contribution in [0.4, 0.5) is 0 Å². The van der Waals surface area contributed by atoms with Crippen LogP contribution in [0.15, 0.2) is 0 Å². The van der Waals surface area contributed by atoms with Gasteiger partial charge in [0, 0.05) is 19.3 Å². The quantitative estimate of drug-likeness (QED) is 0.0129. The third-order valence-electron chi connectivity index (χ3n) is 24.9. The fraction of sp³-hybridized carbons (Fsp3) is 0.939. The molecule has 22 nitrogen and oxygen atoms in total. The van der Waals surface area contributed by atoms with Crippen molar-refractivity contribution in [3.63, 3.8) is 0 Å². The van der Waals surface area contributed by atoms with E-state index in [2.05, 4.69) is 52.2 Å². The van der Waals surface area contributed by atoms with E-state index in [9.17, 15) is 53.6 Å². The standard InChI is InChI=1S/C99H187N2O20P/c1-8-14-20-26-32-38-41-42-45-51-57-62-67-73-89(105)116-82(70-64-58-52-46-35-29-23-17-11-4)76-87(103)100-93-81(7)115-86(95(109)96(93)110)80-114-99-94(101-88(104)77-83(71-65-59-53-47-36-30-24-18-12-5)117-90(106)74-68-61-55-49-43-39-33-27-21-15-9-2)98(97(85(79-102)119-99)121-122(111,112)113)120-92(108)78-84(72-66-60-54-48-37-31-25-19-13-6)118-91(107)75-69-63-56-50-44-40-34-28-22-16-10-3/h81-86,93-99,102,109-110H,8-80H2,1-7H3,(H,100,103)(H,101,104)(H2,111,112,113)/t81?,82-,83-,84-,85?,86?,93?,94?,95-,96-,97-,98-,99-/m1/s1. The number of phosphoric ester groups is 1. The summed E-state index contributed by atoms with van der Waals surface area (Å²) in [4.78, 5) is 106. The smallest absolute Gasteiger partial charge is 0.462 e. The highest BCUT2D eigenvalue weighted by Crippen LogP contribution is 2.43. The molecule has 2 heterocycles. The van der Waals surface area contributed by atoms with Crippen molar-refractivity contribution in [1.29, 1.82) is 0 Å². The maximum Gasteiger partial charge on any atom is 0.470 e. The van der Waals surface area contributed by atoms with Gasteiger partial charge in [0.2, 0.25) is 11.8 Å². The van der Waals surface area contributed by atoms with Crippen molar-refractivity contribution in [2.24, 2.45) is 0 Å². The van der Waals surface area contributed by atoms with Crippen molar-refractivity contribution in [3.05, 3.63) is 0 Å². The van der Waals surface area contributed by atoms with Crippen LogP contribution < -0.4 is 10.6 Å². The Hall–Kier alpha value is -3.31. The molecule has 23 heteroatoms. The number of ether oxygens (including phenoxy) is 7. The molecule has 0 aromatic rings. The Morgan fingerprint density at radius 1 is 0.336 bits per heavy atom. The van der Waals surface area contributed by atoms with Gasteiger partial charge in [-0.1, -0.05) is 401 Å². The number of hydrogen-bond donors (Lipinski definition) is 7. The molecule has 0 spiro atoms. The topological polar surface area (TPSA) is 319 Å². The number of hydrogen-bond acceptors (Lipinski definition) is 18. The van der Waals surface area contributed by atoms with E-state index in [1.807, 2.05) is 0 Å². The Morgan fingerprint density at radius 2 is 0.607 bits per heavy atom. The molecule has 0 aromatic heterocycles. The number of rotatable bonds is 86. The Kier molecular flexibility index (Phi) is 74.0. The summed E-state index contributed by atoms with van der Waals surface area (Å²) < 4.78 is 62.3. The van der Waals surface area contributed by atoms with Gasteiger partial charge in [0.05, 0.1) is 44.6 Å². The zero-order chi connectivity index (χ0) is 89.2. The van der Waals surface area contributed by atoms with E-state index < -0.39 is 143 Å². The molecule has 122 heavy (non-hydrogen) atoms. The van der Waals surface area contributed by atoms with Gasteiger partial charge in [-0.25, -0.2) is 4.57 Å². The van der Waals surface area contributed by atoms with Crippen molar-refractivity contribution in [1.82, 2.24) is 10.6 Å². The summed E-state index contributed by atoms with van der Waals surface area (Å²) in [5.74, 6) is -3.52. The molecule has 0 aliphatic carbocycles. The normalized spacial score (nSPS) is 20.0. The van der Waals surface area contributed by atoms with Gasteiger partial charge in [-0.15, -0.1) is 0 Å². The number of nitrogens with one attached hydrogen (secondary N) is 2. The molecule has 2 amide bonds. The molecule has 0 bridgehead atoms. The van der Waals surface area contributed by atoms with Crippen molar-refractivity contribution in [3.8, 4) is 0 Å². The first-order valence-electron chi connectivity index (χ1n) is 51.2. The fourth-order valence-electron chi connectivity index (χ4n) is 17.3. The Labute approximate surface area is 743 Å². The molecular weight excluding hydrogens is 1570 g/mol. The Balaban J connectivity index is 2.57. The van der Waals surface area contributed by atoms with Gasteiger partial charge in [0.1, 0.15) is 54.9 Å². The predicted octanol–water partition coefficient (Wildman–Crippen LogP) is 24.1. The molecule has 2 aliphatic heterocycles. The van der Waals surface area contributed by atoms with Gasteiger partial charge in [0.25, 0.3) is 0 Å². The molecule has 0 radical (unpaired) electrons. The van der Waals surface area contributed by atoms with Crippen LogP contribution in [0, 0.1) is 0 Å². The predicted molar refractivity (Wildman–Crippen MR) is 490 cm³/mol. The third-order valence-corrected chi connectivity index (χ3v) is 25.4. The Morgan fingerprint density at radius 3 is 0.893 bits per heavy atom. The number of esters is 4. The monoisotopic (exact) mass is 1760 g/mol. The summed E-state index contributed by atoms with van der Waals surface area (Å²) in [5, 5.41) is 40.8.